The summed E-state index contributed by atoms with van der Waals surface area (Å²) in [7, 11) is 2.92. The number of para-hydroxylation sites is 1. The average Bonchev–Trinajstić information content (AvgIpc) is 3.24. The molecule has 0 aliphatic carbocycles. The third-order valence-electron chi connectivity index (χ3n) is 4.25. The van der Waals surface area contributed by atoms with E-state index in [9.17, 15) is 9.59 Å². The smallest absolute Gasteiger partial charge is 0.307 e. The molecule has 0 saturated heterocycles. The number of hydrogen-bond donors (Lipinski definition) is 1. The number of carbonyl (C=O) groups excluding carboxylic acids is 2. The molecule has 2 aromatic carbocycles. The third-order valence-corrected chi connectivity index (χ3v) is 5.65. The molecule has 0 aliphatic rings. The number of benzene rings is 2. The molecule has 1 unspecified atom stereocenters. The number of nitrogens with zero attached hydrogens (tertiary/aromatic N) is 1. The summed E-state index contributed by atoms with van der Waals surface area (Å²) >= 11 is 4.74. The summed E-state index contributed by atoms with van der Waals surface area (Å²) in [5.74, 6) is -0.0855. The molecule has 150 valence electrons. The van der Waals surface area contributed by atoms with Crippen LogP contribution >= 0.6 is 27.3 Å². The Hall–Kier alpha value is -2.71. The highest BCUT2D eigenvalue weighted by Gasteiger charge is 2.22. The van der Waals surface area contributed by atoms with Crippen molar-refractivity contribution in [1.29, 1.82) is 0 Å². The fraction of sp³-hybridized carbons (Fsp3) is 0.190. The van der Waals surface area contributed by atoms with Gasteiger partial charge in [0.15, 0.2) is 0 Å². The molecule has 1 N–H and O–H groups in total. The van der Waals surface area contributed by atoms with Gasteiger partial charge >= 0.3 is 5.97 Å². The average molecular weight is 475 g/mol. The number of esters is 1. The summed E-state index contributed by atoms with van der Waals surface area (Å²) in [6, 6.07) is 14.4. The maximum Gasteiger partial charge on any atom is 0.307 e. The number of aromatic nitrogens is 1. The van der Waals surface area contributed by atoms with Gasteiger partial charge in [0, 0.05) is 9.85 Å². The summed E-state index contributed by atoms with van der Waals surface area (Å²) < 4.78 is 11.0. The Balaban J connectivity index is 1.82. The zero-order valence-electron chi connectivity index (χ0n) is 15.8. The van der Waals surface area contributed by atoms with Crippen molar-refractivity contribution in [1.82, 2.24) is 10.3 Å². The molecule has 0 radical (unpaired) electrons. The Bertz CT molecular complexity index is 1000. The van der Waals surface area contributed by atoms with Crippen molar-refractivity contribution in [2.24, 2.45) is 0 Å². The molecule has 0 spiro atoms. The molecule has 1 amide bonds. The predicted molar refractivity (Wildman–Crippen MR) is 115 cm³/mol. The Labute approximate surface area is 181 Å². The molecule has 8 heteroatoms. The second-order valence-electron chi connectivity index (χ2n) is 6.10. The van der Waals surface area contributed by atoms with Crippen molar-refractivity contribution in [2.75, 3.05) is 14.2 Å². The van der Waals surface area contributed by atoms with Crippen LogP contribution in [0.3, 0.4) is 0 Å². The van der Waals surface area contributed by atoms with Crippen LogP contribution < -0.4 is 10.1 Å². The van der Waals surface area contributed by atoms with Crippen LogP contribution in [0.25, 0.3) is 10.6 Å². The van der Waals surface area contributed by atoms with E-state index in [2.05, 4.69) is 26.2 Å². The number of rotatable bonds is 7. The van der Waals surface area contributed by atoms with Gasteiger partial charge in [0.25, 0.3) is 5.91 Å². The lowest BCUT2D eigenvalue weighted by atomic mass is 10.0. The zero-order chi connectivity index (χ0) is 20.8. The summed E-state index contributed by atoms with van der Waals surface area (Å²) in [5, 5.41) is 5.26. The van der Waals surface area contributed by atoms with Crippen molar-refractivity contribution in [3.8, 4) is 16.3 Å². The molecule has 0 saturated carbocycles. The van der Waals surface area contributed by atoms with Gasteiger partial charge in [0.2, 0.25) is 0 Å². The molecule has 0 fully saturated rings. The second-order valence-corrected chi connectivity index (χ2v) is 7.87. The summed E-state index contributed by atoms with van der Waals surface area (Å²) in [4.78, 5) is 29.1. The first-order valence-corrected chi connectivity index (χ1v) is 10.4. The van der Waals surface area contributed by atoms with Crippen LogP contribution in [-0.4, -0.2) is 31.1 Å². The van der Waals surface area contributed by atoms with Crippen molar-refractivity contribution in [3.63, 3.8) is 0 Å². The minimum Gasteiger partial charge on any atom is -0.496 e. The van der Waals surface area contributed by atoms with Crippen LogP contribution in [0.1, 0.15) is 28.5 Å². The number of halogens is 1. The number of methoxy groups -OCH3 is 2. The first-order chi connectivity index (χ1) is 14.0. The lowest BCUT2D eigenvalue weighted by Crippen LogP contribution is -2.30. The quantitative estimate of drug-likeness (QED) is 0.505. The largest absolute Gasteiger partial charge is 0.496 e. The highest BCUT2D eigenvalue weighted by atomic mass is 79.9. The minimum atomic E-state index is -0.528. The van der Waals surface area contributed by atoms with Gasteiger partial charge in [-0.05, 0) is 29.8 Å². The topological polar surface area (TPSA) is 77.5 Å². The first-order valence-electron chi connectivity index (χ1n) is 8.74. The number of ether oxygens (including phenoxy) is 2. The molecule has 1 aromatic heterocycles. The van der Waals surface area contributed by atoms with E-state index in [1.165, 1.54) is 18.4 Å². The van der Waals surface area contributed by atoms with Crippen LogP contribution in [0.2, 0.25) is 0 Å². The molecule has 1 heterocycles. The predicted octanol–water partition coefficient (Wildman–Crippen LogP) is 4.62. The molecule has 1 atom stereocenters. The fourth-order valence-electron chi connectivity index (χ4n) is 2.75. The van der Waals surface area contributed by atoms with Crippen molar-refractivity contribution < 1.29 is 19.1 Å². The van der Waals surface area contributed by atoms with Gasteiger partial charge in [0.1, 0.15) is 16.5 Å². The van der Waals surface area contributed by atoms with E-state index < -0.39 is 12.0 Å². The van der Waals surface area contributed by atoms with Gasteiger partial charge in [-0.1, -0.05) is 40.2 Å². The number of thiazole rings is 1. The van der Waals surface area contributed by atoms with E-state index >= 15 is 0 Å². The summed E-state index contributed by atoms with van der Waals surface area (Å²) in [6.45, 7) is 0. The summed E-state index contributed by atoms with van der Waals surface area (Å²) in [6.07, 6.45) is 0.0212. The van der Waals surface area contributed by atoms with Gasteiger partial charge in [-0.15, -0.1) is 11.3 Å². The van der Waals surface area contributed by atoms with E-state index in [0.29, 0.717) is 10.8 Å². The maximum atomic E-state index is 12.8. The van der Waals surface area contributed by atoms with Crippen LogP contribution in [0, 0.1) is 0 Å². The monoisotopic (exact) mass is 474 g/mol. The van der Waals surface area contributed by atoms with Gasteiger partial charge in [-0.3, -0.25) is 9.59 Å². The van der Waals surface area contributed by atoms with Crippen LogP contribution in [0.5, 0.6) is 5.75 Å². The van der Waals surface area contributed by atoms with Gasteiger partial charge in [0.05, 0.1) is 32.2 Å². The van der Waals surface area contributed by atoms with Gasteiger partial charge in [-0.25, -0.2) is 4.98 Å². The van der Waals surface area contributed by atoms with E-state index in [0.717, 1.165) is 15.6 Å². The second kappa shape index (κ2) is 9.67. The molecule has 6 nitrogen and oxygen atoms in total. The van der Waals surface area contributed by atoms with Crippen LogP contribution in [-0.2, 0) is 9.53 Å². The van der Waals surface area contributed by atoms with E-state index in [-0.39, 0.29) is 18.0 Å². The molecule has 3 aromatic rings. The highest BCUT2D eigenvalue weighted by molar-refractivity contribution is 9.10. The van der Waals surface area contributed by atoms with Crippen molar-refractivity contribution >= 4 is 39.1 Å². The molecule has 3 rings (SSSR count). The third kappa shape index (κ3) is 5.21. The Morgan fingerprint density at radius 1 is 1.14 bits per heavy atom. The highest BCUT2D eigenvalue weighted by Crippen LogP contribution is 2.32. The number of carbonyl (C=O) groups is 2. The SMILES string of the molecule is COC(=O)CC(NC(=O)c1csc(-c2ccccc2OC)n1)c1ccc(Br)cc1. The molecular weight excluding hydrogens is 456 g/mol. The summed E-state index contributed by atoms with van der Waals surface area (Å²) in [5.41, 5.74) is 1.90. The number of nitrogens with one attached hydrogen (secondary N) is 1. The van der Waals surface area contributed by atoms with Gasteiger partial charge in [-0.2, -0.15) is 0 Å². The Morgan fingerprint density at radius 3 is 2.55 bits per heavy atom. The molecule has 0 aliphatic heterocycles. The normalized spacial score (nSPS) is 11.6. The van der Waals surface area contributed by atoms with Crippen LogP contribution in [0.4, 0.5) is 0 Å². The Kier molecular flexibility index (Phi) is 7.00. The van der Waals surface area contributed by atoms with Gasteiger partial charge < -0.3 is 14.8 Å². The first kappa shape index (κ1) is 21.0. The number of amides is 1. The Morgan fingerprint density at radius 2 is 1.86 bits per heavy atom. The molecular formula is C21H19BrN2O4S. The lowest BCUT2D eigenvalue weighted by molar-refractivity contribution is -0.141. The maximum absolute atomic E-state index is 12.8. The minimum absolute atomic E-state index is 0.0212. The van der Waals surface area contributed by atoms with Crippen molar-refractivity contribution in [2.45, 2.75) is 12.5 Å². The number of hydrogen-bond acceptors (Lipinski definition) is 6. The fourth-order valence-corrected chi connectivity index (χ4v) is 3.85. The molecule has 0 bridgehead atoms. The lowest BCUT2D eigenvalue weighted by Gasteiger charge is -2.17. The molecule has 29 heavy (non-hydrogen) atoms. The van der Waals surface area contributed by atoms with E-state index in [1.54, 1.807) is 12.5 Å². The zero-order valence-corrected chi connectivity index (χ0v) is 18.2. The standard InChI is InChI=1S/C21H19BrN2O4S/c1-27-18-6-4-3-5-15(18)21-24-17(12-29-21)20(26)23-16(11-19(25)28-2)13-7-9-14(22)10-8-13/h3-10,12,16H,11H2,1-2H3,(H,23,26). The van der Waals surface area contributed by atoms with E-state index in [1.807, 2.05) is 48.5 Å². The van der Waals surface area contributed by atoms with E-state index in [4.69, 9.17) is 9.47 Å². The van der Waals surface area contributed by atoms with Crippen LogP contribution in [0.15, 0.2) is 58.4 Å². The van der Waals surface area contributed by atoms with Crippen molar-refractivity contribution in [3.05, 3.63) is 69.6 Å².